The minimum atomic E-state index is -0.838. The number of urea groups is 1. The fourth-order valence-corrected chi connectivity index (χ4v) is 1.79. The molecule has 0 unspecified atom stereocenters. The van der Waals surface area contributed by atoms with Crippen molar-refractivity contribution in [3.63, 3.8) is 0 Å². The third kappa shape index (κ3) is 4.00. The van der Waals surface area contributed by atoms with Gasteiger partial charge in [0.25, 0.3) is 0 Å². The van der Waals surface area contributed by atoms with Gasteiger partial charge in [-0.25, -0.2) is 13.6 Å². The van der Waals surface area contributed by atoms with Gasteiger partial charge in [0.05, 0.1) is 12.3 Å². The lowest BCUT2D eigenvalue weighted by molar-refractivity contribution is 0.185. The number of carbonyl (C=O) groups excluding carboxylic acids is 1. The summed E-state index contributed by atoms with van der Waals surface area (Å²) in [6.07, 6.45) is 0. The van der Waals surface area contributed by atoms with Crippen LogP contribution in [0, 0.1) is 11.6 Å². The molecule has 0 saturated heterocycles. The summed E-state index contributed by atoms with van der Waals surface area (Å²) in [6.45, 7) is 0.335. The number of hydrogen-bond acceptors (Lipinski definition) is 2. The molecule has 2 rings (SSSR count). The number of para-hydroxylation sites is 1. The molecule has 0 aliphatic heterocycles. The van der Waals surface area contributed by atoms with Crippen LogP contribution in [0.1, 0.15) is 5.56 Å². The molecule has 0 fully saturated rings. The van der Waals surface area contributed by atoms with Crippen molar-refractivity contribution in [1.82, 2.24) is 0 Å². The number of rotatable bonds is 4. The quantitative estimate of drug-likeness (QED) is 0.901. The smallest absolute Gasteiger partial charge is 0.323 e. The van der Waals surface area contributed by atoms with Gasteiger partial charge in [-0.3, -0.25) is 0 Å². The van der Waals surface area contributed by atoms with Gasteiger partial charge in [0.1, 0.15) is 11.6 Å². The minimum absolute atomic E-state index is 0.0990. The van der Waals surface area contributed by atoms with Gasteiger partial charge in [-0.05, 0) is 18.2 Å². The van der Waals surface area contributed by atoms with E-state index in [1.165, 1.54) is 0 Å². The highest BCUT2D eigenvalue weighted by molar-refractivity contribution is 6.00. The maximum Gasteiger partial charge on any atom is 0.323 e. The highest BCUT2D eigenvalue weighted by Gasteiger charge is 2.09. The number of amides is 2. The Morgan fingerprint density at radius 1 is 1.10 bits per heavy atom. The highest BCUT2D eigenvalue weighted by Crippen LogP contribution is 2.18. The molecule has 2 N–H and O–H groups in total. The zero-order chi connectivity index (χ0) is 15.2. The molecule has 2 amide bonds. The van der Waals surface area contributed by atoms with E-state index in [4.69, 9.17) is 4.74 Å². The highest BCUT2D eigenvalue weighted by atomic mass is 19.1. The zero-order valence-corrected chi connectivity index (χ0v) is 11.3. The Bertz CT molecular complexity index is 647. The molecule has 6 heteroatoms. The third-order valence-corrected chi connectivity index (χ3v) is 2.74. The molecule has 0 heterocycles. The summed E-state index contributed by atoms with van der Waals surface area (Å²) < 4.78 is 31.3. The van der Waals surface area contributed by atoms with Crippen molar-refractivity contribution in [3.05, 3.63) is 59.7 Å². The summed E-state index contributed by atoms with van der Waals surface area (Å²) in [6, 6.07) is 9.39. The molecule has 21 heavy (non-hydrogen) atoms. The molecule has 110 valence electrons. The van der Waals surface area contributed by atoms with E-state index in [9.17, 15) is 13.6 Å². The molecule has 0 saturated carbocycles. The molecule has 2 aromatic rings. The summed E-state index contributed by atoms with van der Waals surface area (Å²) in [5.41, 5.74) is 1.24. The number of benzene rings is 2. The van der Waals surface area contributed by atoms with Crippen molar-refractivity contribution < 1.29 is 18.3 Å². The van der Waals surface area contributed by atoms with E-state index in [-0.39, 0.29) is 5.69 Å². The lowest BCUT2D eigenvalue weighted by atomic mass is 10.2. The molecule has 0 aliphatic carbocycles. The minimum Gasteiger partial charge on any atom is -0.380 e. The van der Waals surface area contributed by atoms with Crippen molar-refractivity contribution in [2.75, 3.05) is 17.7 Å². The number of nitrogens with one attached hydrogen (secondary N) is 2. The Morgan fingerprint density at radius 2 is 1.81 bits per heavy atom. The van der Waals surface area contributed by atoms with Gasteiger partial charge in [-0.1, -0.05) is 18.2 Å². The van der Waals surface area contributed by atoms with E-state index in [0.29, 0.717) is 18.4 Å². The lowest BCUT2D eigenvalue weighted by Gasteiger charge is -2.11. The molecule has 0 radical (unpaired) electrons. The van der Waals surface area contributed by atoms with E-state index < -0.39 is 17.7 Å². The molecule has 0 atom stereocenters. The Balaban J connectivity index is 2.08. The number of anilines is 2. The van der Waals surface area contributed by atoms with E-state index in [1.54, 1.807) is 25.3 Å². The Morgan fingerprint density at radius 3 is 2.52 bits per heavy atom. The monoisotopic (exact) mass is 292 g/mol. The van der Waals surface area contributed by atoms with Crippen LogP contribution in [-0.2, 0) is 11.3 Å². The van der Waals surface area contributed by atoms with Crippen LogP contribution in [0.25, 0.3) is 0 Å². The number of ether oxygens (including phenoxy) is 1. The van der Waals surface area contributed by atoms with Crippen LogP contribution in [0.2, 0.25) is 0 Å². The van der Waals surface area contributed by atoms with Crippen molar-refractivity contribution in [2.45, 2.75) is 6.61 Å². The molecule has 0 spiro atoms. The van der Waals surface area contributed by atoms with Crippen molar-refractivity contribution in [1.29, 1.82) is 0 Å². The van der Waals surface area contributed by atoms with Gasteiger partial charge >= 0.3 is 6.03 Å². The van der Waals surface area contributed by atoms with Crippen LogP contribution in [0.3, 0.4) is 0 Å². The Hall–Kier alpha value is -2.47. The van der Waals surface area contributed by atoms with E-state index in [2.05, 4.69) is 10.6 Å². The first kappa shape index (κ1) is 14.9. The molecule has 4 nitrogen and oxygen atoms in total. The molecule has 0 aromatic heterocycles. The summed E-state index contributed by atoms with van der Waals surface area (Å²) in [7, 11) is 1.55. The topological polar surface area (TPSA) is 50.4 Å². The first-order chi connectivity index (χ1) is 10.1. The average molecular weight is 292 g/mol. The standard InChI is InChI=1S/C15H14F2N2O2/c1-21-9-10-4-2-3-5-13(10)18-15(20)19-14-7-6-11(16)8-12(14)17/h2-8H,9H2,1H3,(H2,18,19,20). The van der Waals surface area contributed by atoms with Gasteiger partial charge in [0, 0.05) is 24.4 Å². The SMILES string of the molecule is COCc1ccccc1NC(=O)Nc1ccc(F)cc1F. The van der Waals surface area contributed by atoms with Gasteiger partial charge in [0.2, 0.25) is 0 Å². The predicted octanol–water partition coefficient (Wildman–Crippen LogP) is 3.76. The van der Waals surface area contributed by atoms with E-state index in [0.717, 1.165) is 17.7 Å². The maximum absolute atomic E-state index is 13.4. The molecule has 2 aromatic carbocycles. The maximum atomic E-state index is 13.4. The summed E-state index contributed by atoms with van der Waals surface area (Å²) in [5, 5.41) is 4.92. The van der Waals surface area contributed by atoms with Gasteiger partial charge < -0.3 is 15.4 Å². The van der Waals surface area contributed by atoms with Crippen molar-refractivity contribution in [2.24, 2.45) is 0 Å². The summed E-state index contributed by atoms with van der Waals surface area (Å²) in [5.74, 6) is -1.54. The van der Waals surface area contributed by atoms with Crippen LogP contribution in [0.5, 0.6) is 0 Å². The summed E-state index contributed by atoms with van der Waals surface area (Å²) in [4.78, 5) is 11.9. The van der Waals surface area contributed by atoms with Gasteiger partial charge in [-0.2, -0.15) is 0 Å². The van der Waals surface area contributed by atoms with Crippen LogP contribution >= 0.6 is 0 Å². The molecular weight excluding hydrogens is 278 g/mol. The lowest BCUT2D eigenvalue weighted by Crippen LogP contribution is -2.21. The fourth-order valence-electron chi connectivity index (χ4n) is 1.79. The Labute approximate surface area is 120 Å². The third-order valence-electron chi connectivity index (χ3n) is 2.74. The molecule has 0 bridgehead atoms. The molecular formula is C15H14F2N2O2. The zero-order valence-electron chi connectivity index (χ0n) is 11.3. The first-order valence-electron chi connectivity index (χ1n) is 6.20. The number of hydrogen-bond donors (Lipinski definition) is 2. The van der Waals surface area contributed by atoms with Gasteiger partial charge in [0.15, 0.2) is 0 Å². The van der Waals surface area contributed by atoms with Crippen LogP contribution in [0.4, 0.5) is 25.0 Å². The number of halogens is 2. The normalized spacial score (nSPS) is 10.2. The van der Waals surface area contributed by atoms with E-state index >= 15 is 0 Å². The van der Waals surface area contributed by atoms with Crippen molar-refractivity contribution in [3.8, 4) is 0 Å². The Kier molecular flexibility index (Phi) is 4.84. The predicted molar refractivity (Wildman–Crippen MR) is 76.2 cm³/mol. The second-order valence-corrected chi connectivity index (χ2v) is 4.29. The second kappa shape index (κ2) is 6.81. The number of methoxy groups -OCH3 is 1. The fraction of sp³-hybridized carbons (Fsp3) is 0.133. The second-order valence-electron chi connectivity index (χ2n) is 4.29. The van der Waals surface area contributed by atoms with Crippen LogP contribution in [-0.4, -0.2) is 13.1 Å². The molecule has 0 aliphatic rings. The van der Waals surface area contributed by atoms with Crippen LogP contribution < -0.4 is 10.6 Å². The number of carbonyl (C=O) groups is 1. The first-order valence-corrected chi connectivity index (χ1v) is 6.20. The van der Waals surface area contributed by atoms with Crippen molar-refractivity contribution >= 4 is 17.4 Å². The van der Waals surface area contributed by atoms with E-state index in [1.807, 2.05) is 6.07 Å². The summed E-state index contributed by atoms with van der Waals surface area (Å²) >= 11 is 0. The van der Waals surface area contributed by atoms with Gasteiger partial charge in [-0.15, -0.1) is 0 Å². The van der Waals surface area contributed by atoms with Crippen LogP contribution in [0.15, 0.2) is 42.5 Å². The largest absolute Gasteiger partial charge is 0.380 e. The average Bonchev–Trinajstić information content (AvgIpc) is 2.44.